The number of hydrogen-bond acceptors (Lipinski definition) is 5. The van der Waals surface area contributed by atoms with E-state index in [1.54, 1.807) is 53.7 Å². The van der Waals surface area contributed by atoms with E-state index in [-0.39, 0.29) is 18.1 Å². The van der Waals surface area contributed by atoms with Crippen molar-refractivity contribution in [3.05, 3.63) is 23.9 Å². The van der Waals surface area contributed by atoms with E-state index in [1.165, 1.54) is 6.20 Å². The molecule has 1 amide bonds. The Morgan fingerprint density at radius 3 is 2.39 bits per heavy atom. The molecule has 23 heavy (non-hydrogen) atoms. The number of ether oxygens (including phenoxy) is 1. The van der Waals surface area contributed by atoms with Crippen LogP contribution in [0.1, 0.15) is 59.6 Å². The summed E-state index contributed by atoms with van der Waals surface area (Å²) in [6.45, 7) is 10.6. The van der Waals surface area contributed by atoms with E-state index >= 15 is 0 Å². The first-order chi connectivity index (χ1) is 10.4. The molecule has 128 valence electrons. The zero-order chi connectivity index (χ0) is 17.8. The molecule has 6 heteroatoms. The SMILES string of the molecule is CC(C)(C)OC(=O)CC(O)c1cccnc1NC(=O)C(C)(C)C. The lowest BCUT2D eigenvalue weighted by molar-refractivity contribution is -0.157. The summed E-state index contributed by atoms with van der Waals surface area (Å²) in [6.07, 6.45) is 0.206. The van der Waals surface area contributed by atoms with Gasteiger partial charge in [-0.3, -0.25) is 9.59 Å². The number of pyridine rings is 1. The number of nitrogens with zero attached hydrogens (tertiary/aromatic N) is 1. The van der Waals surface area contributed by atoms with Gasteiger partial charge in [0.15, 0.2) is 0 Å². The Labute approximate surface area is 137 Å². The molecule has 0 aromatic carbocycles. The normalized spacial score (nSPS) is 13.3. The van der Waals surface area contributed by atoms with Crippen LogP contribution in [0, 0.1) is 5.41 Å². The molecule has 0 radical (unpaired) electrons. The largest absolute Gasteiger partial charge is 0.460 e. The summed E-state index contributed by atoms with van der Waals surface area (Å²) in [5, 5.41) is 13.0. The Bertz CT molecular complexity index is 571. The van der Waals surface area contributed by atoms with Crippen LogP contribution in [0.3, 0.4) is 0 Å². The molecule has 1 aromatic heterocycles. The third-order valence-electron chi connectivity index (χ3n) is 2.89. The van der Waals surface area contributed by atoms with Crippen LogP contribution in [0.25, 0.3) is 0 Å². The molecule has 0 saturated heterocycles. The van der Waals surface area contributed by atoms with Crippen molar-refractivity contribution in [2.45, 2.75) is 59.7 Å². The molecule has 1 rings (SSSR count). The Morgan fingerprint density at radius 1 is 1.26 bits per heavy atom. The van der Waals surface area contributed by atoms with Gasteiger partial charge in [-0.25, -0.2) is 4.98 Å². The van der Waals surface area contributed by atoms with Gasteiger partial charge in [0.25, 0.3) is 0 Å². The lowest BCUT2D eigenvalue weighted by Crippen LogP contribution is -2.29. The molecule has 0 fully saturated rings. The summed E-state index contributed by atoms with van der Waals surface area (Å²) < 4.78 is 5.20. The van der Waals surface area contributed by atoms with Crippen LogP contribution in [0.2, 0.25) is 0 Å². The first kappa shape index (κ1) is 19.1. The smallest absolute Gasteiger partial charge is 0.309 e. The maximum Gasteiger partial charge on any atom is 0.309 e. The van der Waals surface area contributed by atoms with Gasteiger partial charge in [-0.1, -0.05) is 26.8 Å². The molecule has 6 nitrogen and oxygen atoms in total. The van der Waals surface area contributed by atoms with Crippen molar-refractivity contribution in [2.75, 3.05) is 5.32 Å². The van der Waals surface area contributed by atoms with Gasteiger partial charge in [0, 0.05) is 17.2 Å². The highest BCUT2D eigenvalue weighted by molar-refractivity contribution is 5.94. The zero-order valence-electron chi connectivity index (χ0n) is 14.6. The van der Waals surface area contributed by atoms with Gasteiger partial charge in [-0.15, -0.1) is 0 Å². The number of esters is 1. The summed E-state index contributed by atoms with van der Waals surface area (Å²) in [5.41, 5.74) is -0.823. The lowest BCUT2D eigenvalue weighted by atomic mass is 9.95. The standard InChI is InChI=1S/C17H26N2O4/c1-16(2,3)15(22)19-14-11(8-7-9-18-14)12(20)10-13(21)23-17(4,5)6/h7-9,12,20H,10H2,1-6H3,(H,18,19,22). The molecule has 0 aliphatic rings. The van der Waals surface area contributed by atoms with Gasteiger partial charge in [-0.2, -0.15) is 0 Å². The highest BCUT2D eigenvalue weighted by Gasteiger charge is 2.25. The zero-order valence-corrected chi connectivity index (χ0v) is 14.6. The number of aliphatic hydroxyl groups excluding tert-OH is 1. The van der Waals surface area contributed by atoms with Crippen molar-refractivity contribution in [3.8, 4) is 0 Å². The van der Waals surface area contributed by atoms with E-state index in [2.05, 4.69) is 10.3 Å². The molecule has 0 aliphatic carbocycles. The lowest BCUT2D eigenvalue weighted by Gasteiger charge is -2.22. The minimum Gasteiger partial charge on any atom is -0.460 e. The second-order valence-corrected chi connectivity index (χ2v) is 7.45. The van der Waals surface area contributed by atoms with Crippen molar-refractivity contribution in [3.63, 3.8) is 0 Å². The van der Waals surface area contributed by atoms with Crippen LogP contribution >= 0.6 is 0 Å². The van der Waals surface area contributed by atoms with E-state index in [1.807, 2.05) is 0 Å². The van der Waals surface area contributed by atoms with Gasteiger partial charge >= 0.3 is 5.97 Å². The van der Waals surface area contributed by atoms with E-state index in [9.17, 15) is 14.7 Å². The predicted octanol–water partition coefficient (Wildman–Crippen LogP) is 2.83. The van der Waals surface area contributed by atoms with Crippen LogP contribution in [0.15, 0.2) is 18.3 Å². The van der Waals surface area contributed by atoms with Crippen LogP contribution in [0.5, 0.6) is 0 Å². The van der Waals surface area contributed by atoms with Crippen molar-refractivity contribution in [1.82, 2.24) is 4.98 Å². The highest BCUT2D eigenvalue weighted by atomic mass is 16.6. The van der Waals surface area contributed by atoms with E-state index in [0.717, 1.165) is 0 Å². The second-order valence-electron chi connectivity index (χ2n) is 7.45. The first-order valence-electron chi connectivity index (χ1n) is 7.56. The number of hydrogen-bond donors (Lipinski definition) is 2. The number of carbonyl (C=O) groups is 2. The van der Waals surface area contributed by atoms with E-state index in [4.69, 9.17) is 4.74 Å². The van der Waals surface area contributed by atoms with Crippen LogP contribution in [0.4, 0.5) is 5.82 Å². The van der Waals surface area contributed by atoms with Gasteiger partial charge in [0.05, 0.1) is 12.5 Å². The van der Waals surface area contributed by atoms with Crippen molar-refractivity contribution in [2.24, 2.45) is 5.41 Å². The molecule has 0 spiro atoms. The quantitative estimate of drug-likeness (QED) is 0.832. The van der Waals surface area contributed by atoms with E-state index < -0.39 is 23.1 Å². The average molecular weight is 322 g/mol. The molecule has 1 atom stereocenters. The van der Waals surface area contributed by atoms with Gasteiger partial charge < -0.3 is 15.2 Å². The number of rotatable bonds is 4. The molecule has 1 aromatic rings. The summed E-state index contributed by atoms with van der Waals surface area (Å²) in [6, 6.07) is 3.26. The number of aromatic nitrogens is 1. The maximum atomic E-state index is 12.1. The van der Waals surface area contributed by atoms with Gasteiger partial charge in [0.2, 0.25) is 5.91 Å². The van der Waals surface area contributed by atoms with E-state index in [0.29, 0.717) is 5.56 Å². The molecular weight excluding hydrogens is 296 g/mol. The molecule has 0 bridgehead atoms. The van der Waals surface area contributed by atoms with Crippen LogP contribution < -0.4 is 5.32 Å². The number of anilines is 1. The van der Waals surface area contributed by atoms with Gasteiger partial charge in [-0.05, 0) is 26.8 Å². The minimum atomic E-state index is -1.10. The molecule has 1 heterocycles. The third kappa shape index (κ3) is 6.36. The number of aliphatic hydroxyl groups is 1. The average Bonchev–Trinajstić information content (AvgIpc) is 2.35. The van der Waals surface area contributed by atoms with Gasteiger partial charge in [0.1, 0.15) is 11.4 Å². The summed E-state index contributed by atoms with van der Waals surface area (Å²) >= 11 is 0. The summed E-state index contributed by atoms with van der Waals surface area (Å²) in [4.78, 5) is 28.0. The first-order valence-corrected chi connectivity index (χ1v) is 7.56. The Hall–Kier alpha value is -1.95. The predicted molar refractivity (Wildman–Crippen MR) is 87.7 cm³/mol. The Kier molecular flexibility index (Phi) is 5.88. The number of carbonyl (C=O) groups excluding carboxylic acids is 2. The fraction of sp³-hybridized carbons (Fsp3) is 0.588. The Morgan fingerprint density at radius 2 is 1.87 bits per heavy atom. The van der Waals surface area contributed by atoms with Crippen LogP contribution in [-0.4, -0.2) is 27.6 Å². The third-order valence-corrected chi connectivity index (χ3v) is 2.89. The highest BCUT2D eigenvalue weighted by Crippen LogP contribution is 2.26. The fourth-order valence-electron chi connectivity index (χ4n) is 1.74. The monoisotopic (exact) mass is 322 g/mol. The molecule has 1 unspecified atom stereocenters. The van der Waals surface area contributed by atoms with Crippen molar-refractivity contribution < 1.29 is 19.4 Å². The molecule has 0 saturated carbocycles. The fourth-order valence-corrected chi connectivity index (χ4v) is 1.74. The van der Waals surface area contributed by atoms with Crippen molar-refractivity contribution >= 4 is 17.7 Å². The molecule has 0 aliphatic heterocycles. The number of amides is 1. The minimum absolute atomic E-state index is 0.207. The topological polar surface area (TPSA) is 88.5 Å². The molecule has 2 N–H and O–H groups in total. The summed E-state index contributed by atoms with van der Waals surface area (Å²) in [7, 11) is 0. The maximum absolute atomic E-state index is 12.1. The number of nitrogens with one attached hydrogen (secondary N) is 1. The Balaban J connectivity index is 2.88. The summed E-state index contributed by atoms with van der Waals surface area (Å²) in [5.74, 6) is -0.479. The van der Waals surface area contributed by atoms with Crippen molar-refractivity contribution in [1.29, 1.82) is 0 Å². The second kappa shape index (κ2) is 7.08. The van der Waals surface area contributed by atoms with Crippen LogP contribution in [-0.2, 0) is 14.3 Å². The molecular formula is C17H26N2O4.